The molecular formula is C16H17F3N4O2. The van der Waals surface area contributed by atoms with Gasteiger partial charge in [0, 0.05) is 19.5 Å². The topological polar surface area (TPSA) is 86.1 Å². The average molecular weight is 354 g/mol. The van der Waals surface area contributed by atoms with E-state index < -0.39 is 24.2 Å². The van der Waals surface area contributed by atoms with Gasteiger partial charge in [-0.25, -0.2) is 4.98 Å². The molecular weight excluding hydrogens is 337 g/mol. The molecule has 1 aromatic heterocycles. The highest BCUT2D eigenvalue weighted by atomic mass is 19.4. The van der Waals surface area contributed by atoms with Crippen molar-refractivity contribution in [2.45, 2.75) is 44.9 Å². The number of amides is 2. The fraction of sp³-hybridized carbons (Fsp3) is 0.500. The molecule has 1 N–H and O–H groups in total. The van der Waals surface area contributed by atoms with Crippen LogP contribution in [0.1, 0.15) is 41.5 Å². The van der Waals surface area contributed by atoms with Crippen molar-refractivity contribution in [3.63, 3.8) is 0 Å². The number of carbonyl (C=O) groups is 2. The van der Waals surface area contributed by atoms with Crippen molar-refractivity contribution in [1.29, 1.82) is 5.26 Å². The van der Waals surface area contributed by atoms with Crippen molar-refractivity contribution in [3.05, 3.63) is 29.1 Å². The normalized spacial score (nSPS) is 20.7. The van der Waals surface area contributed by atoms with E-state index in [1.807, 2.05) is 6.07 Å². The number of aryl methyl sites for hydroxylation is 1. The fourth-order valence-electron chi connectivity index (χ4n) is 2.89. The molecule has 2 atom stereocenters. The first kappa shape index (κ1) is 18.7. The van der Waals surface area contributed by atoms with E-state index in [2.05, 4.69) is 10.3 Å². The second kappa shape index (κ2) is 7.09. The monoisotopic (exact) mass is 354 g/mol. The van der Waals surface area contributed by atoms with Crippen LogP contribution < -0.4 is 5.32 Å². The van der Waals surface area contributed by atoms with Crippen LogP contribution in [0.25, 0.3) is 0 Å². The standard InChI is InChI=1S/C16H17F3N4O2/c1-9-11(7-20)3-5-13(21-9)15(25)23-8-12(22-10(2)24)4-6-14(23)16(17,18)19/h3,5,12,14H,4,6,8H2,1-2H3,(H,22,24)/t12-,14+/m1/s1. The first-order valence-electron chi connectivity index (χ1n) is 7.66. The average Bonchev–Trinajstić information content (AvgIpc) is 2.52. The molecule has 0 saturated carbocycles. The van der Waals surface area contributed by atoms with E-state index in [9.17, 15) is 22.8 Å². The Morgan fingerprint density at radius 3 is 2.56 bits per heavy atom. The molecule has 25 heavy (non-hydrogen) atoms. The van der Waals surface area contributed by atoms with Crippen molar-refractivity contribution < 1.29 is 22.8 Å². The summed E-state index contributed by atoms with van der Waals surface area (Å²) in [6.07, 6.45) is -4.73. The van der Waals surface area contributed by atoms with Crippen LogP contribution >= 0.6 is 0 Å². The third kappa shape index (κ3) is 4.26. The van der Waals surface area contributed by atoms with Crippen molar-refractivity contribution in [2.24, 2.45) is 0 Å². The molecule has 134 valence electrons. The summed E-state index contributed by atoms with van der Waals surface area (Å²) in [5, 5.41) is 11.4. The Morgan fingerprint density at radius 1 is 1.36 bits per heavy atom. The van der Waals surface area contributed by atoms with Crippen LogP contribution in [0.3, 0.4) is 0 Å². The number of alkyl halides is 3. The molecule has 1 aliphatic heterocycles. The molecule has 6 nitrogen and oxygen atoms in total. The number of hydrogen-bond donors (Lipinski definition) is 1. The number of halogens is 3. The first-order chi connectivity index (χ1) is 11.6. The summed E-state index contributed by atoms with van der Waals surface area (Å²) < 4.78 is 39.9. The maximum atomic E-state index is 13.3. The lowest BCUT2D eigenvalue weighted by Gasteiger charge is -2.40. The summed E-state index contributed by atoms with van der Waals surface area (Å²) in [6, 6.07) is 2.01. The van der Waals surface area contributed by atoms with Crippen molar-refractivity contribution >= 4 is 11.8 Å². The third-order valence-electron chi connectivity index (χ3n) is 4.05. The van der Waals surface area contributed by atoms with Gasteiger partial charge < -0.3 is 10.2 Å². The van der Waals surface area contributed by atoms with Gasteiger partial charge >= 0.3 is 6.18 Å². The number of nitriles is 1. The maximum Gasteiger partial charge on any atom is 0.408 e. The van der Waals surface area contributed by atoms with E-state index in [1.165, 1.54) is 26.0 Å². The molecule has 1 fully saturated rings. The largest absolute Gasteiger partial charge is 0.408 e. The second-order valence-corrected chi connectivity index (χ2v) is 5.93. The van der Waals surface area contributed by atoms with Gasteiger partial charge in [-0.2, -0.15) is 18.4 Å². The number of aromatic nitrogens is 1. The van der Waals surface area contributed by atoms with Crippen LogP contribution in [0.5, 0.6) is 0 Å². The fourth-order valence-corrected chi connectivity index (χ4v) is 2.89. The van der Waals surface area contributed by atoms with Gasteiger partial charge in [0.25, 0.3) is 5.91 Å². The third-order valence-corrected chi connectivity index (χ3v) is 4.05. The highest BCUT2D eigenvalue weighted by Crippen LogP contribution is 2.32. The zero-order valence-corrected chi connectivity index (χ0v) is 13.7. The van der Waals surface area contributed by atoms with Gasteiger partial charge in [-0.1, -0.05) is 0 Å². The molecule has 0 unspecified atom stereocenters. The second-order valence-electron chi connectivity index (χ2n) is 5.93. The number of nitrogens with one attached hydrogen (secondary N) is 1. The molecule has 0 bridgehead atoms. The van der Waals surface area contributed by atoms with E-state index in [1.54, 1.807) is 0 Å². The van der Waals surface area contributed by atoms with Gasteiger partial charge in [0.2, 0.25) is 5.91 Å². The number of nitrogens with zero attached hydrogens (tertiary/aromatic N) is 3. The number of rotatable bonds is 2. The number of hydrogen-bond acceptors (Lipinski definition) is 4. The molecule has 1 saturated heterocycles. The van der Waals surface area contributed by atoms with E-state index in [0.29, 0.717) is 4.90 Å². The van der Waals surface area contributed by atoms with Crippen molar-refractivity contribution in [2.75, 3.05) is 6.54 Å². The number of carbonyl (C=O) groups excluding carboxylic acids is 2. The van der Waals surface area contributed by atoms with E-state index in [-0.39, 0.29) is 42.2 Å². The van der Waals surface area contributed by atoms with Crippen LogP contribution in [0.2, 0.25) is 0 Å². The summed E-state index contributed by atoms with van der Waals surface area (Å²) in [7, 11) is 0. The molecule has 2 amide bonds. The molecule has 1 aliphatic rings. The minimum absolute atomic E-state index is 0.132. The Morgan fingerprint density at radius 2 is 2.04 bits per heavy atom. The molecule has 9 heteroatoms. The van der Waals surface area contributed by atoms with Crippen LogP contribution in [-0.4, -0.2) is 46.5 Å². The lowest BCUT2D eigenvalue weighted by molar-refractivity contribution is -0.184. The minimum atomic E-state index is -4.57. The maximum absolute atomic E-state index is 13.3. The van der Waals surface area contributed by atoms with Gasteiger partial charge in [-0.05, 0) is 31.9 Å². The van der Waals surface area contributed by atoms with E-state index >= 15 is 0 Å². The Labute approximate surface area is 142 Å². The number of likely N-dealkylation sites (tertiary alicyclic amines) is 1. The van der Waals surface area contributed by atoms with Crippen molar-refractivity contribution in [3.8, 4) is 6.07 Å². The molecule has 0 radical (unpaired) electrons. The minimum Gasteiger partial charge on any atom is -0.352 e. The van der Waals surface area contributed by atoms with Gasteiger partial charge in [-0.15, -0.1) is 0 Å². The zero-order valence-electron chi connectivity index (χ0n) is 13.7. The zero-order chi connectivity index (χ0) is 18.8. The summed E-state index contributed by atoms with van der Waals surface area (Å²) >= 11 is 0. The predicted molar refractivity (Wildman–Crippen MR) is 81.4 cm³/mol. The first-order valence-corrected chi connectivity index (χ1v) is 7.66. The summed E-state index contributed by atoms with van der Waals surface area (Å²) in [5.74, 6) is -1.24. The number of pyridine rings is 1. The highest BCUT2D eigenvalue weighted by Gasteiger charge is 2.48. The van der Waals surface area contributed by atoms with E-state index in [4.69, 9.17) is 5.26 Å². The molecule has 1 aromatic rings. The Kier molecular flexibility index (Phi) is 5.30. The van der Waals surface area contributed by atoms with Crippen LogP contribution in [0.4, 0.5) is 13.2 Å². The smallest absolute Gasteiger partial charge is 0.352 e. The van der Waals surface area contributed by atoms with Gasteiger partial charge in [0.1, 0.15) is 17.8 Å². The van der Waals surface area contributed by atoms with Crippen LogP contribution in [0, 0.1) is 18.3 Å². The Bertz CT molecular complexity index is 727. The molecule has 2 heterocycles. The predicted octanol–water partition coefficient (Wildman–Crippen LogP) is 1.93. The Hall–Kier alpha value is -2.63. The molecule has 0 aromatic carbocycles. The summed E-state index contributed by atoms with van der Waals surface area (Å²) in [5.41, 5.74) is 0.361. The SMILES string of the molecule is CC(=O)N[C@@H]1CC[C@@H](C(F)(F)F)N(C(=O)c2ccc(C#N)c(C)n2)C1. The van der Waals surface area contributed by atoms with Crippen LogP contribution in [0.15, 0.2) is 12.1 Å². The quantitative estimate of drug-likeness (QED) is 0.879. The lowest BCUT2D eigenvalue weighted by Crippen LogP contribution is -2.58. The lowest BCUT2D eigenvalue weighted by atomic mass is 9.97. The molecule has 0 aliphatic carbocycles. The summed E-state index contributed by atoms with van der Waals surface area (Å²) in [6.45, 7) is 2.53. The Balaban J connectivity index is 2.31. The molecule has 0 spiro atoms. The number of piperidine rings is 1. The highest BCUT2D eigenvalue weighted by molar-refractivity contribution is 5.93. The van der Waals surface area contributed by atoms with Crippen LogP contribution in [-0.2, 0) is 4.79 Å². The van der Waals surface area contributed by atoms with Gasteiger partial charge in [0.05, 0.1) is 11.3 Å². The van der Waals surface area contributed by atoms with Gasteiger partial charge in [-0.3, -0.25) is 9.59 Å². The molecule has 2 rings (SSSR count). The summed E-state index contributed by atoms with van der Waals surface area (Å²) in [4.78, 5) is 28.4. The van der Waals surface area contributed by atoms with Crippen molar-refractivity contribution in [1.82, 2.24) is 15.2 Å². The van der Waals surface area contributed by atoms with Gasteiger partial charge in [0.15, 0.2) is 0 Å². The van der Waals surface area contributed by atoms with E-state index in [0.717, 1.165) is 0 Å².